The fraction of sp³-hybridized carbons (Fsp3) is 0. The first-order valence-corrected chi connectivity index (χ1v) is 6.83. The van der Waals surface area contributed by atoms with Gasteiger partial charge in [0.15, 0.2) is 0 Å². The molecule has 1 aromatic carbocycles. The summed E-state index contributed by atoms with van der Waals surface area (Å²) in [4.78, 5) is 15.7. The molecule has 0 amide bonds. The topological polar surface area (TPSA) is 74.7 Å². The highest BCUT2D eigenvalue weighted by Gasteiger charge is 2.09. The minimum atomic E-state index is 0.239. The summed E-state index contributed by atoms with van der Waals surface area (Å²) in [7, 11) is 0. The van der Waals surface area contributed by atoms with Crippen LogP contribution in [-0.4, -0.2) is 25.0 Å². The second-order valence-electron chi connectivity index (χ2n) is 5.00. The summed E-state index contributed by atoms with van der Waals surface area (Å²) in [5.74, 6) is 0.239. The van der Waals surface area contributed by atoms with Gasteiger partial charge >= 0.3 is 0 Å². The number of fused-ring (bicyclic) bond motifs is 1. The van der Waals surface area contributed by atoms with Gasteiger partial charge in [0, 0.05) is 46.9 Å². The van der Waals surface area contributed by atoms with E-state index in [-0.39, 0.29) is 5.75 Å². The molecule has 3 aromatic heterocycles. The number of hydrogen-bond acceptors (Lipinski definition) is 4. The van der Waals surface area contributed by atoms with Crippen molar-refractivity contribution in [3.05, 3.63) is 61.4 Å². The number of H-pyrrole nitrogens is 1. The molecule has 22 heavy (non-hydrogen) atoms. The molecule has 0 spiro atoms. The van der Waals surface area contributed by atoms with Gasteiger partial charge in [-0.15, -0.1) is 0 Å². The molecule has 0 radical (unpaired) electrons. The molecule has 0 saturated carbocycles. The van der Waals surface area contributed by atoms with Crippen LogP contribution < -0.4 is 0 Å². The van der Waals surface area contributed by atoms with Crippen molar-refractivity contribution in [2.24, 2.45) is 0 Å². The van der Waals surface area contributed by atoms with Gasteiger partial charge < -0.3 is 10.1 Å². The van der Waals surface area contributed by atoms with E-state index in [1.807, 2.05) is 18.3 Å². The largest absolute Gasteiger partial charge is 0.508 e. The number of hydrogen-bond donors (Lipinski definition) is 2. The minimum Gasteiger partial charge on any atom is -0.508 e. The summed E-state index contributed by atoms with van der Waals surface area (Å²) >= 11 is 0. The number of aromatic hydroxyl groups is 1. The van der Waals surface area contributed by atoms with Gasteiger partial charge in [0.2, 0.25) is 0 Å². The molecule has 0 aliphatic rings. The summed E-state index contributed by atoms with van der Waals surface area (Å²) in [6.45, 7) is 0. The highest BCUT2D eigenvalue weighted by atomic mass is 16.3. The van der Waals surface area contributed by atoms with Crippen molar-refractivity contribution >= 4 is 11.0 Å². The molecular formula is C17H12N4O. The van der Waals surface area contributed by atoms with Crippen molar-refractivity contribution in [3.8, 4) is 28.0 Å². The maximum Gasteiger partial charge on any atom is 0.137 e. The number of rotatable bonds is 2. The van der Waals surface area contributed by atoms with Crippen molar-refractivity contribution < 1.29 is 5.11 Å². The first kappa shape index (κ1) is 12.5. The summed E-state index contributed by atoms with van der Waals surface area (Å²) in [5.41, 5.74) is 4.61. The Balaban J connectivity index is 1.90. The van der Waals surface area contributed by atoms with Gasteiger partial charge in [-0.2, -0.15) is 0 Å². The molecule has 106 valence electrons. The summed E-state index contributed by atoms with van der Waals surface area (Å²) in [6, 6.07) is 9.19. The summed E-state index contributed by atoms with van der Waals surface area (Å²) < 4.78 is 0. The highest BCUT2D eigenvalue weighted by molar-refractivity contribution is 5.95. The third kappa shape index (κ3) is 2.09. The minimum absolute atomic E-state index is 0.239. The van der Waals surface area contributed by atoms with Crippen molar-refractivity contribution in [2.45, 2.75) is 0 Å². The van der Waals surface area contributed by atoms with Gasteiger partial charge in [0.25, 0.3) is 0 Å². The average molecular weight is 288 g/mol. The van der Waals surface area contributed by atoms with E-state index in [0.29, 0.717) is 0 Å². The number of nitrogens with zero attached hydrogens (tertiary/aromatic N) is 3. The SMILES string of the molecule is Oc1cccc(-c2cnc3[nH]cc(-c4cncnc4)c3c2)c1. The Bertz CT molecular complexity index is 947. The first-order chi connectivity index (χ1) is 10.8. The molecular weight excluding hydrogens is 276 g/mol. The van der Waals surface area contributed by atoms with Crippen molar-refractivity contribution in [1.82, 2.24) is 19.9 Å². The van der Waals surface area contributed by atoms with Crippen molar-refractivity contribution in [3.63, 3.8) is 0 Å². The fourth-order valence-electron chi connectivity index (χ4n) is 2.52. The Morgan fingerprint density at radius 1 is 0.909 bits per heavy atom. The van der Waals surface area contributed by atoms with Crippen LogP contribution in [-0.2, 0) is 0 Å². The Hall–Kier alpha value is -3.21. The standard InChI is InChI=1S/C17H12N4O/c22-14-3-1-2-11(4-14)12-5-15-16(9-21-17(15)20-8-12)13-6-18-10-19-7-13/h1-10,22H,(H,20,21). The molecule has 0 aliphatic heterocycles. The van der Waals surface area contributed by atoms with Crippen LogP contribution in [0.15, 0.2) is 61.4 Å². The number of benzene rings is 1. The first-order valence-electron chi connectivity index (χ1n) is 6.83. The van der Waals surface area contributed by atoms with E-state index in [4.69, 9.17) is 0 Å². The lowest BCUT2D eigenvalue weighted by Gasteiger charge is -2.03. The smallest absolute Gasteiger partial charge is 0.137 e. The van der Waals surface area contributed by atoms with Crippen LogP contribution in [0.4, 0.5) is 0 Å². The van der Waals surface area contributed by atoms with Crippen LogP contribution in [0, 0.1) is 0 Å². The molecule has 4 rings (SSSR count). The quantitative estimate of drug-likeness (QED) is 0.593. The van der Waals surface area contributed by atoms with Crippen molar-refractivity contribution in [1.29, 1.82) is 0 Å². The summed E-state index contributed by atoms with van der Waals surface area (Å²) in [5, 5.41) is 10.6. The molecule has 5 nitrogen and oxygen atoms in total. The Morgan fingerprint density at radius 2 is 1.77 bits per heavy atom. The second kappa shape index (κ2) is 4.96. The lowest BCUT2D eigenvalue weighted by atomic mass is 10.0. The zero-order chi connectivity index (χ0) is 14.9. The number of nitrogens with one attached hydrogen (secondary N) is 1. The monoisotopic (exact) mass is 288 g/mol. The predicted octanol–water partition coefficient (Wildman–Crippen LogP) is 3.39. The Kier molecular flexibility index (Phi) is 2.83. The molecule has 0 atom stereocenters. The van der Waals surface area contributed by atoms with E-state index < -0.39 is 0 Å². The van der Waals surface area contributed by atoms with Crippen LogP contribution in [0.2, 0.25) is 0 Å². The molecule has 0 fully saturated rings. The van der Waals surface area contributed by atoms with Gasteiger partial charge in [-0.3, -0.25) is 0 Å². The number of aromatic amines is 1. The van der Waals surface area contributed by atoms with E-state index >= 15 is 0 Å². The van der Waals surface area contributed by atoms with E-state index in [0.717, 1.165) is 33.3 Å². The maximum absolute atomic E-state index is 9.64. The zero-order valence-corrected chi connectivity index (χ0v) is 11.6. The highest BCUT2D eigenvalue weighted by Crippen LogP contribution is 2.31. The van der Waals surface area contributed by atoms with Crippen LogP contribution in [0.5, 0.6) is 5.75 Å². The average Bonchev–Trinajstić information content (AvgIpc) is 2.99. The lowest BCUT2D eigenvalue weighted by molar-refractivity contribution is 0.475. The molecule has 0 bridgehead atoms. The van der Waals surface area contributed by atoms with E-state index in [1.165, 1.54) is 6.33 Å². The van der Waals surface area contributed by atoms with Crippen LogP contribution in [0.1, 0.15) is 0 Å². The molecule has 0 aliphatic carbocycles. The van der Waals surface area contributed by atoms with E-state index in [2.05, 4.69) is 26.0 Å². The van der Waals surface area contributed by atoms with Crippen LogP contribution in [0.3, 0.4) is 0 Å². The molecule has 0 unspecified atom stereocenters. The zero-order valence-electron chi connectivity index (χ0n) is 11.6. The van der Waals surface area contributed by atoms with Gasteiger partial charge in [-0.1, -0.05) is 12.1 Å². The van der Waals surface area contributed by atoms with Gasteiger partial charge in [0.05, 0.1) is 0 Å². The number of aromatic nitrogens is 4. The molecule has 4 aromatic rings. The van der Waals surface area contributed by atoms with Crippen LogP contribution >= 0.6 is 0 Å². The molecule has 5 heteroatoms. The molecule has 3 heterocycles. The Labute approximate surface area is 126 Å². The third-order valence-electron chi connectivity index (χ3n) is 3.58. The van der Waals surface area contributed by atoms with E-state index in [9.17, 15) is 5.11 Å². The van der Waals surface area contributed by atoms with E-state index in [1.54, 1.807) is 30.7 Å². The van der Waals surface area contributed by atoms with Crippen molar-refractivity contribution in [2.75, 3.05) is 0 Å². The van der Waals surface area contributed by atoms with Gasteiger partial charge in [-0.25, -0.2) is 15.0 Å². The Morgan fingerprint density at radius 3 is 2.59 bits per heavy atom. The van der Waals surface area contributed by atoms with Crippen LogP contribution in [0.25, 0.3) is 33.3 Å². The normalized spacial score (nSPS) is 10.9. The number of phenolic OH excluding ortho intramolecular Hbond substituents is 1. The molecule has 2 N–H and O–H groups in total. The maximum atomic E-state index is 9.64. The third-order valence-corrected chi connectivity index (χ3v) is 3.58. The number of pyridine rings is 1. The number of phenols is 1. The molecule has 0 saturated heterocycles. The second-order valence-corrected chi connectivity index (χ2v) is 5.00. The fourth-order valence-corrected chi connectivity index (χ4v) is 2.52. The lowest BCUT2D eigenvalue weighted by Crippen LogP contribution is -1.84. The van der Waals surface area contributed by atoms with Gasteiger partial charge in [-0.05, 0) is 23.8 Å². The predicted molar refractivity (Wildman–Crippen MR) is 84.2 cm³/mol. The van der Waals surface area contributed by atoms with Gasteiger partial charge in [0.1, 0.15) is 17.7 Å². The summed E-state index contributed by atoms with van der Waals surface area (Å²) in [6.07, 6.45) is 8.75.